The van der Waals surface area contributed by atoms with Crippen molar-refractivity contribution in [2.75, 3.05) is 13.7 Å². The Labute approximate surface area is 193 Å². The summed E-state index contributed by atoms with van der Waals surface area (Å²) in [6.07, 6.45) is 2.56. The van der Waals surface area contributed by atoms with Gasteiger partial charge in [0.15, 0.2) is 0 Å². The molecule has 1 amide bonds. The van der Waals surface area contributed by atoms with Gasteiger partial charge in [0, 0.05) is 7.05 Å². The quantitative estimate of drug-likeness (QED) is 0.179. The predicted molar refractivity (Wildman–Crippen MR) is 131 cm³/mol. The fraction of sp³-hybridized carbons (Fsp3) is 0.385. The summed E-state index contributed by atoms with van der Waals surface area (Å²) in [5.41, 5.74) is 0. The van der Waals surface area contributed by atoms with E-state index >= 15 is 0 Å². The molecule has 0 N–H and O–H groups in total. The second kappa shape index (κ2) is 11.2. The minimum absolute atomic E-state index is 0.218. The van der Waals surface area contributed by atoms with Crippen LogP contribution in [-0.4, -0.2) is 38.9 Å². The third-order valence-electron chi connectivity index (χ3n) is 5.53. The minimum atomic E-state index is -2.97. The number of amides is 1. The van der Waals surface area contributed by atoms with E-state index in [1.54, 1.807) is 20.0 Å². The molecule has 2 aromatic carbocycles. The molecule has 0 saturated carbocycles. The first kappa shape index (κ1) is 25.6. The Morgan fingerprint density at radius 2 is 1.53 bits per heavy atom. The third-order valence-corrected chi connectivity index (χ3v) is 10.5. The average molecular weight is 454 g/mol. The molecule has 32 heavy (non-hydrogen) atoms. The Bertz CT molecular complexity index is 854. The van der Waals surface area contributed by atoms with Gasteiger partial charge in [-0.25, -0.2) is 5.06 Å². The van der Waals surface area contributed by atoms with Gasteiger partial charge in [0.05, 0.1) is 6.61 Å². The van der Waals surface area contributed by atoms with Gasteiger partial charge in [-0.1, -0.05) is 87.5 Å². The lowest BCUT2D eigenvalue weighted by molar-refractivity contribution is -0.168. The van der Waals surface area contributed by atoms with Crippen molar-refractivity contribution in [3.63, 3.8) is 0 Å². The Morgan fingerprint density at radius 3 is 1.94 bits per heavy atom. The lowest BCUT2D eigenvalue weighted by atomic mass is 10.0. The zero-order chi connectivity index (χ0) is 23.8. The van der Waals surface area contributed by atoms with Crippen LogP contribution in [-0.2, 0) is 18.9 Å². The number of hydrogen-bond donors (Lipinski definition) is 0. The molecule has 0 bridgehead atoms. The second-order valence-electron chi connectivity index (χ2n) is 8.76. The highest BCUT2D eigenvalue weighted by Gasteiger charge is 2.53. The molecule has 5 nitrogen and oxygen atoms in total. The van der Waals surface area contributed by atoms with Crippen molar-refractivity contribution in [2.24, 2.45) is 5.92 Å². The molecular formula is C26H35NO4Si. The highest BCUT2D eigenvalue weighted by atomic mass is 28.4. The van der Waals surface area contributed by atoms with Crippen molar-refractivity contribution < 1.29 is 18.9 Å². The van der Waals surface area contributed by atoms with E-state index in [-0.39, 0.29) is 11.6 Å². The van der Waals surface area contributed by atoms with Crippen molar-refractivity contribution in [1.29, 1.82) is 0 Å². The number of benzene rings is 2. The molecule has 0 aliphatic heterocycles. The van der Waals surface area contributed by atoms with E-state index in [2.05, 4.69) is 51.6 Å². The molecule has 0 fully saturated rings. The average Bonchev–Trinajstić information content (AvgIpc) is 2.78. The van der Waals surface area contributed by atoms with Crippen LogP contribution < -0.4 is 10.4 Å². The topological polar surface area (TPSA) is 55.8 Å². The zero-order valence-corrected chi connectivity index (χ0v) is 20.8. The maximum atomic E-state index is 13.4. The van der Waals surface area contributed by atoms with Crippen molar-refractivity contribution >= 4 is 30.6 Å². The smallest absolute Gasteiger partial charge is 0.318 e. The molecule has 0 heterocycles. The summed E-state index contributed by atoms with van der Waals surface area (Å²) in [5, 5.41) is 3.07. The lowest BCUT2D eigenvalue weighted by Gasteiger charge is -2.44. The van der Waals surface area contributed by atoms with Gasteiger partial charge in [0.25, 0.3) is 14.2 Å². The lowest BCUT2D eigenvalue weighted by Crippen LogP contribution is -2.69. The second-order valence-corrected chi connectivity index (χ2v) is 13.0. The number of ether oxygens (including phenoxy) is 1. The van der Waals surface area contributed by atoms with E-state index in [9.17, 15) is 9.59 Å². The largest absolute Gasteiger partial charge is 0.465 e. The molecule has 2 rings (SSSR count). The molecule has 0 spiro atoms. The molecule has 1 atom stereocenters. The van der Waals surface area contributed by atoms with Gasteiger partial charge >= 0.3 is 5.97 Å². The molecule has 0 aromatic heterocycles. The number of rotatable bonds is 10. The molecule has 1 unspecified atom stereocenters. The highest BCUT2D eigenvalue weighted by Crippen LogP contribution is 2.37. The van der Waals surface area contributed by atoms with E-state index in [0.29, 0.717) is 12.8 Å². The summed E-state index contributed by atoms with van der Waals surface area (Å²) < 4.78 is 11.9. The van der Waals surface area contributed by atoms with Gasteiger partial charge in [-0.15, -0.1) is 6.58 Å². The first-order valence-electron chi connectivity index (χ1n) is 11.0. The van der Waals surface area contributed by atoms with Crippen LogP contribution in [0.3, 0.4) is 0 Å². The van der Waals surface area contributed by atoms with Crippen molar-refractivity contribution in [1.82, 2.24) is 5.06 Å². The standard InChI is InChI=1S/C26H35NO4Si/c1-7-9-20-23(25(29)30-8-2)24(28)27(6)31-32(26(3,4)5,21-16-12-10-13-17-21)22-18-14-11-15-19-22/h7,10-19,23H,1,8-9,20H2,2-6H3. The van der Waals surface area contributed by atoms with E-state index < -0.39 is 26.1 Å². The first-order valence-corrected chi connectivity index (χ1v) is 12.9. The van der Waals surface area contributed by atoms with Crippen LogP contribution in [0.4, 0.5) is 0 Å². The number of carbonyl (C=O) groups is 2. The number of carbonyl (C=O) groups excluding carboxylic acids is 2. The maximum Gasteiger partial charge on any atom is 0.318 e. The summed E-state index contributed by atoms with van der Waals surface area (Å²) in [4.78, 5) is 26.0. The Kier molecular flexibility index (Phi) is 8.98. The highest BCUT2D eigenvalue weighted by molar-refractivity contribution is 6.99. The molecule has 2 aromatic rings. The summed E-state index contributed by atoms with van der Waals surface area (Å²) in [5.74, 6) is -1.87. The molecule has 6 heteroatoms. The predicted octanol–water partition coefficient (Wildman–Crippen LogP) is 4.08. The Hall–Kier alpha value is -2.70. The first-order chi connectivity index (χ1) is 15.2. The Balaban J connectivity index is 2.54. The van der Waals surface area contributed by atoms with Crippen LogP contribution in [0.2, 0.25) is 5.04 Å². The van der Waals surface area contributed by atoms with Gasteiger partial charge in [-0.3, -0.25) is 9.59 Å². The van der Waals surface area contributed by atoms with Crippen LogP contribution in [0.15, 0.2) is 73.3 Å². The fourth-order valence-corrected chi connectivity index (χ4v) is 8.33. The van der Waals surface area contributed by atoms with Crippen LogP contribution in [0.25, 0.3) is 0 Å². The summed E-state index contributed by atoms with van der Waals surface area (Å²) in [6, 6.07) is 20.1. The number of hydrogen-bond acceptors (Lipinski definition) is 4. The van der Waals surface area contributed by atoms with Gasteiger partial charge < -0.3 is 9.26 Å². The van der Waals surface area contributed by atoms with Gasteiger partial charge in [-0.2, -0.15) is 0 Å². The maximum absolute atomic E-state index is 13.4. The van der Waals surface area contributed by atoms with Crippen LogP contribution in [0.5, 0.6) is 0 Å². The van der Waals surface area contributed by atoms with E-state index in [4.69, 9.17) is 9.26 Å². The van der Waals surface area contributed by atoms with E-state index in [1.807, 2.05) is 36.4 Å². The normalized spacial score (nSPS) is 12.7. The number of nitrogens with zero attached hydrogens (tertiary/aromatic N) is 1. The van der Waals surface area contributed by atoms with Crippen molar-refractivity contribution in [3.8, 4) is 0 Å². The molecule has 0 aliphatic rings. The summed E-state index contributed by atoms with van der Waals surface area (Å²) in [6.45, 7) is 12.1. The zero-order valence-electron chi connectivity index (χ0n) is 19.8. The SMILES string of the molecule is C=CCCC(C(=O)OCC)C(=O)N(C)O[Si](c1ccccc1)(c1ccccc1)C(C)(C)C. The number of esters is 1. The van der Waals surface area contributed by atoms with Gasteiger partial charge in [0.1, 0.15) is 5.92 Å². The molecule has 0 saturated heterocycles. The third kappa shape index (κ3) is 5.55. The number of hydroxylamine groups is 2. The van der Waals surface area contributed by atoms with Crippen LogP contribution >= 0.6 is 0 Å². The molecule has 0 aliphatic carbocycles. The molecule has 0 radical (unpaired) electrons. The van der Waals surface area contributed by atoms with Gasteiger partial charge in [-0.05, 0) is 35.2 Å². The summed E-state index contributed by atoms with van der Waals surface area (Å²) in [7, 11) is -1.37. The molecule has 172 valence electrons. The number of allylic oxidation sites excluding steroid dienone is 1. The van der Waals surface area contributed by atoms with Crippen molar-refractivity contribution in [3.05, 3.63) is 73.3 Å². The monoisotopic (exact) mass is 453 g/mol. The van der Waals surface area contributed by atoms with E-state index in [0.717, 1.165) is 10.4 Å². The minimum Gasteiger partial charge on any atom is -0.465 e. The van der Waals surface area contributed by atoms with Crippen molar-refractivity contribution in [2.45, 2.75) is 45.6 Å². The van der Waals surface area contributed by atoms with Crippen LogP contribution in [0, 0.1) is 5.92 Å². The summed E-state index contributed by atoms with van der Waals surface area (Å²) >= 11 is 0. The molecular weight excluding hydrogens is 418 g/mol. The van der Waals surface area contributed by atoms with Gasteiger partial charge in [0.2, 0.25) is 0 Å². The van der Waals surface area contributed by atoms with Crippen LogP contribution in [0.1, 0.15) is 40.5 Å². The Morgan fingerprint density at radius 1 is 1.03 bits per heavy atom. The fourth-order valence-electron chi connectivity index (χ4n) is 3.96. The van der Waals surface area contributed by atoms with E-state index in [1.165, 1.54) is 5.06 Å².